The van der Waals surface area contributed by atoms with Crippen molar-refractivity contribution in [2.24, 2.45) is 4.99 Å². The monoisotopic (exact) mass is 499 g/mol. The molecule has 0 aliphatic heterocycles. The number of ether oxygens (including phenoxy) is 1. The van der Waals surface area contributed by atoms with E-state index in [4.69, 9.17) is 9.73 Å². The summed E-state index contributed by atoms with van der Waals surface area (Å²) in [5.41, 5.74) is 2.99. The van der Waals surface area contributed by atoms with Gasteiger partial charge >= 0.3 is 0 Å². The zero-order chi connectivity index (χ0) is 24.1. The second kappa shape index (κ2) is 10.9. The average molecular weight is 500 g/mol. The van der Waals surface area contributed by atoms with Crippen molar-refractivity contribution in [3.05, 3.63) is 58.7 Å². The molecule has 1 heterocycles. The lowest BCUT2D eigenvalue weighted by Crippen LogP contribution is -2.30. The smallest absolute Gasteiger partial charge is 0.243 e. The van der Waals surface area contributed by atoms with Crippen molar-refractivity contribution >= 4 is 27.0 Å². The van der Waals surface area contributed by atoms with Gasteiger partial charge < -0.3 is 9.30 Å². The highest BCUT2D eigenvalue weighted by molar-refractivity contribution is 7.89. The van der Waals surface area contributed by atoms with Gasteiger partial charge in [-0.05, 0) is 54.8 Å². The molecule has 0 radical (unpaired) electrons. The van der Waals surface area contributed by atoms with Crippen LogP contribution in [0.5, 0.6) is 5.75 Å². The first-order valence-electron chi connectivity index (χ1n) is 12.0. The van der Waals surface area contributed by atoms with Crippen molar-refractivity contribution in [3.8, 4) is 17.0 Å². The van der Waals surface area contributed by atoms with Crippen LogP contribution in [0, 0.1) is 0 Å². The Morgan fingerprint density at radius 3 is 2.24 bits per heavy atom. The number of rotatable bonds is 8. The molecular weight excluding hydrogens is 466 g/mol. The first-order chi connectivity index (χ1) is 16.5. The van der Waals surface area contributed by atoms with Crippen LogP contribution in [-0.2, 0) is 10.0 Å². The Bertz CT molecular complexity index is 1250. The summed E-state index contributed by atoms with van der Waals surface area (Å²) >= 11 is 1.63. The fraction of sp³-hybridized carbons (Fsp3) is 0.423. The standard InChI is InChI=1S/C26H33N3O3S2/c1-4-28(5-2)34(30,31)24-17-11-20(12-18-24)25-19-33-26(29(25)22-9-7-6-8-10-22)27-21-13-15-23(32-3)16-14-21/h11-19,22H,4-10H2,1-3H3. The summed E-state index contributed by atoms with van der Waals surface area (Å²) in [5, 5.41) is 2.14. The summed E-state index contributed by atoms with van der Waals surface area (Å²) in [5.74, 6) is 0.811. The van der Waals surface area contributed by atoms with E-state index in [0.717, 1.165) is 40.3 Å². The van der Waals surface area contributed by atoms with E-state index < -0.39 is 10.0 Å². The minimum atomic E-state index is -3.47. The summed E-state index contributed by atoms with van der Waals surface area (Å²) in [7, 11) is -1.81. The minimum Gasteiger partial charge on any atom is -0.497 e. The van der Waals surface area contributed by atoms with Gasteiger partial charge in [0.2, 0.25) is 10.0 Å². The molecule has 4 rings (SSSR count). The van der Waals surface area contributed by atoms with E-state index in [1.165, 1.54) is 23.6 Å². The van der Waals surface area contributed by atoms with Crippen LogP contribution in [0.2, 0.25) is 0 Å². The van der Waals surface area contributed by atoms with Crippen molar-refractivity contribution in [2.45, 2.75) is 56.9 Å². The van der Waals surface area contributed by atoms with Crippen LogP contribution in [0.4, 0.5) is 5.69 Å². The summed E-state index contributed by atoms with van der Waals surface area (Å²) in [6.45, 7) is 4.65. The SMILES string of the molecule is CCN(CC)S(=O)(=O)c1ccc(-c2csc(=Nc3ccc(OC)cc3)n2C2CCCCC2)cc1. The molecule has 8 heteroatoms. The van der Waals surface area contributed by atoms with E-state index in [1.54, 1.807) is 30.6 Å². The topological polar surface area (TPSA) is 63.9 Å². The molecule has 34 heavy (non-hydrogen) atoms. The van der Waals surface area contributed by atoms with Gasteiger partial charge in [-0.1, -0.05) is 45.2 Å². The fourth-order valence-corrected chi connectivity index (χ4v) is 7.03. The number of benzene rings is 2. The van der Waals surface area contributed by atoms with Crippen LogP contribution < -0.4 is 9.54 Å². The van der Waals surface area contributed by atoms with Gasteiger partial charge in [-0.25, -0.2) is 13.4 Å². The van der Waals surface area contributed by atoms with Crippen LogP contribution >= 0.6 is 11.3 Å². The Morgan fingerprint density at radius 1 is 1.00 bits per heavy atom. The molecule has 0 unspecified atom stereocenters. The molecular formula is C26H33N3O3S2. The third kappa shape index (κ3) is 5.14. The molecule has 1 aromatic heterocycles. The number of methoxy groups -OCH3 is 1. The van der Waals surface area contributed by atoms with E-state index in [2.05, 4.69) is 9.95 Å². The first-order valence-corrected chi connectivity index (χ1v) is 14.3. The largest absolute Gasteiger partial charge is 0.497 e. The van der Waals surface area contributed by atoms with Gasteiger partial charge in [-0.2, -0.15) is 4.31 Å². The van der Waals surface area contributed by atoms with Crippen LogP contribution in [0.15, 0.2) is 63.8 Å². The number of sulfonamides is 1. The maximum Gasteiger partial charge on any atom is 0.243 e. The quantitative estimate of drug-likeness (QED) is 0.382. The summed E-state index contributed by atoms with van der Waals surface area (Å²) in [6.07, 6.45) is 5.98. The van der Waals surface area contributed by atoms with Crippen LogP contribution in [0.3, 0.4) is 0 Å². The highest BCUT2D eigenvalue weighted by Gasteiger charge is 2.23. The average Bonchev–Trinajstić information content (AvgIpc) is 3.29. The zero-order valence-corrected chi connectivity index (χ0v) is 21.7. The van der Waals surface area contributed by atoms with E-state index in [1.807, 2.05) is 50.2 Å². The molecule has 0 N–H and O–H groups in total. The lowest BCUT2D eigenvalue weighted by molar-refractivity contribution is 0.351. The lowest BCUT2D eigenvalue weighted by Gasteiger charge is -2.25. The van der Waals surface area contributed by atoms with Crippen molar-refractivity contribution < 1.29 is 13.2 Å². The van der Waals surface area contributed by atoms with E-state index in [9.17, 15) is 8.42 Å². The first kappa shape index (κ1) is 24.7. The molecule has 2 aromatic carbocycles. The van der Waals surface area contributed by atoms with E-state index in [-0.39, 0.29) is 0 Å². The molecule has 1 aliphatic rings. The van der Waals surface area contributed by atoms with Crippen molar-refractivity contribution in [1.29, 1.82) is 0 Å². The fourth-order valence-electron chi connectivity index (χ4n) is 4.58. The summed E-state index contributed by atoms with van der Waals surface area (Å²) in [4.78, 5) is 6.26. The van der Waals surface area contributed by atoms with Crippen molar-refractivity contribution in [1.82, 2.24) is 8.87 Å². The maximum absolute atomic E-state index is 12.9. The molecule has 182 valence electrons. The highest BCUT2D eigenvalue weighted by Crippen LogP contribution is 2.33. The van der Waals surface area contributed by atoms with Crippen LogP contribution in [-0.4, -0.2) is 37.5 Å². The lowest BCUT2D eigenvalue weighted by atomic mass is 9.95. The van der Waals surface area contributed by atoms with Crippen LogP contribution in [0.25, 0.3) is 11.3 Å². The highest BCUT2D eigenvalue weighted by atomic mass is 32.2. The molecule has 0 bridgehead atoms. The summed E-state index contributed by atoms with van der Waals surface area (Å²) in [6, 6.07) is 15.5. The summed E-state index contributed by atoms with van der Waals surface area (Å²) < 4.78 is 34.9. The molecule has 3 aromatic rings. The Kier molecular flexibility index (Phi) is 7.91. The Balaban J connectivity index is 1.75. The van der Waals surface area contributed by atoms with Gasteiger partial charge in [0.1, 0.15) is 5.75 Å². The molecule has 0 amide bonds. The Labute approximate surface area is 206 Å². The predicted octanol–water partition coefficient (Wildman–Crippen LogP) is 5.99. The zero-order valence-electron chi connectivity index (χ0n) is 20.1. The molecule has 1 aliphatic carbocycles. The van der Waals surface area contributed by atoms with Crippen molar-refractivity contribution in [3.63, 3.8) is 0 Å². The van der Waals surface area contributed by atoms with Gasteiger partial charge in [0.05, 0.1) is 23.4 Å². The molecule has 6 nitrogen and oxygen atoms in total. The maximum atomic E-state index is 12.9. The second-order valence-electron chi connectivity index (χ2n) is 8.49. The molecule has 1 saturated carbocycles. The van der Waals surface area contributed by atoms with Crippen molar-refractivity contribution in [2.75, 3.05) is 20.2 Å². The minimum absolute atomic E-state index is 0.336. The number of nitrogens with zero attached hydrogens (tertiary/aromatic N) is 3. The third-order valence-electron chi connectivity index (χ3n) is 6.47. The van der Waals surface area contributed by atoms with Gasteiger partial charge in [0.15, 0.2) is 4.80 Å². The molecule has 1 fully saturated rings. The van der Waals surface area contributed by atoms with E-state index in [0.29, 0.717) is 24.0 Å². The Morgan fingerprint density at radius 2 is 1.65 bits per heavy atom. The van der Waals surface area contributed by atoms with Gasteiger partial charge in [-0.15, -0.1) is 11.3 Å². The number of aromatic nitrogens is 1. The molecule has 0 atom stereocenters. The third-order valence-corrected chi connectivity index (χ3v) is 9.38. The Hall–Kier alpha value is -2.42. The van der Waals surface area contributed by atoms with Gasteiger partial charge in [-0.3, -0.25) is 0 Å². The predicted molar refractivity (Wildman–Crippen MR) is 138 cm³/mol. The normalized spacial score (nSPS) is 15.7. The number of hydrogen-bond donors (Lipinski definition) is 0. The van der Waals surface area contributed by atoms with Crippen LogP contribution in [0.1, 0.15) is 52.0 Å². The molecule has 0 saturated heterocycles. The number of hydrogen-bond acceptors (Lipinski definition) is 5. The number of thiazole rings is 1. The van der Waals surface area contributed by atoms with E-state index >= 15 is 0 Å². The van der Waals surface area contributed by atoms with Gasteiger partial charge in [0.25, 0.3) is 0 Å². The second-order valence-corrected chi connectivity index (χ2v) is 11.3. The molecule has 0 spiro atoms. The van der Waals surface area contributed by atoms with Gasteiger partial charge in [0, 0.05) is 24.5 Å².